The van der Waals surface area contributed by atoms with Gasteiger partial charge in [-0.25, -0.2) is 18.1 Å². The molecule has 1 aromatic rings. The Balaban J connectivity index is 2.31. The van der Waals surface area contributed by atoms with Crippen LogP contribution < -0.4 is 9.62 Å². The number of halogens is 3. The van der Waals surface area contributed by atoms with Crippen LogP contribution in [0.2, 0.25) is 0 Å². The van der Waals surface area contributed by atoms with Crippen LogP contribution in [-0.4, -0.2) is 38.7 Å². The van der Waals surface area contributed by atoms with Crippen LogP contribution in [0.4, 0.5) is 19.0 Å². The number of hydrogen-bond acceptors (Lipinski definition) is 4. The summed E-state index contributed by atoms with van der Waals surface area (Å²) >= 11 is 0. The van der Waals surface area contributed by atoms with E-state index in [1.807, 2.05) is 0 Å². The fourth-order valence-electron chi connectivity index (χ4n) is 2.32. The zero-order valence-electron chi connectivity index (χ0n) is 12.8. The second-order valence-corrected chi connectivity index (χ2v) is 7.21. The average molecular weight is 349 g/mol. The monoisotopic (exact) mass is 349 g/mol. The van der Waals surface area contributed by atoms with E-state index < -0.39 is 21.8 Å². The Kier molecular flexibility index (Phi) is 5.00. The lowest BCUT2D eigenvalue weighted by Gasteiger charge is -2.29. The van der Waals surface area contributed by atoms with Gasteiger partial charge in [-0.3, -0.25) is 0 Å². The first-order valence-electron chi connectivity index (χ1n) is 7.10. The van der Waals surface area contributed by atoms with Crippen LogP contribution in [0.5, 0.6) is 0 Å². The number of nitrogens with one attached hydrogen (secondary N) is 1. The third-order valence-electron chi connectivity index (χ3n) is 3.30. The van der Waals surface area contributed by atoms with Gasteiger partial charge in [0, 0.05) is 30.9 Å². The van der Waals surface area contributed by atoms with E-state index in [0.717, 1.165) is 6.08 Å². The van der Waals surface area contributed by atoms with Gasteiger partial charge in [-0.2, -0.15) is 13.2 Å². The summed E-state index contributed by atoms with van der Waals surface area (Å²) in [6, 6.07) is 2.58. The molecule has 0 fully saturated rings. The first-order valence-corrected chi connectivity index (χ1v) is 8.58. The molecular weight excluding hydrogens is 331 g/mol. The van der Waals surface area contributed by atoms with Crippen LogP contribution >= 0.6 is 0 Å². The van der Waals surface area contributed by atoms with Gasteiger partial charge in [-0.1, -0.05) is 6.08 Å². The van der Waals surface area contributed by atoms with Crippen molar-refractivity contribution in [3.8, 4) is 0 Å². The highest BCUT2D eigenvalue weighted by Gasteiger charge is 2.35. The zero-order valence-corrected chi connectivity index (χ0v) is 13.6. The van der Waals surface area contributed by atoms with Gasteiger partial charge in [-0.05, 0) is 32.4 Å². The quantitative estimate of drug-likeness (QED) is 0.849. The van der Waals surface area contributed by atoms with Crippen molar-refractivity contribution in [3.63, 3.8) is 0 Å². The van der Waals surface area contributed by atoms with Crippen molar-refractivity contribution in [3.05, 3.63) is 30.0 Å². The number of nitrogens with zero attached hydrogens (tertiary/aromatic N) is 2. The van der Waals surface area contributed by atoms with Crippen molar-refractivity contribution < 1.29 is 21.6 Å². The molecule has 1 aliphatic rings. The van der Waals surface area contributed by atoms with Crippen LogP contribution in [0.25, 0.3) is 0 Å². The SMILES string of the molecule is CC(C)NS(=O)(=O)c1cccnc1N1CC=C(C(F)(F)F)CC1. The third-order valence-corrected chi connectivity index (χ3v) is 4.98. The molecule has 0 amide bonds. The van der Waals surface area contributed by atoms with Crippen LogP contribution in [0.1, 0.15) is 20.3 Å². The standard InChI is InChI=1S/C14H18F3N3O2S/c1-10(2)19-23(21,22)12-4-3-7-18-13(12)20-8-5-11(6-9-20)14(15,16)17/h3-5,7,10,19H,6,8-9H2,1-2H3. The molecule has 23 heavy (non-hydrogen) atoms. The topological polar surface area (TPSA) is 62.3 Å². The van der Waals surface area contributed by atoms with E-state index in [-0.39, 0.29) is 36.3 Å². The molecule has 1 N–H and O–H groups in total. The molecular formula is C14H18F3N3O2S. The number of pyridine rings is 1. The van der Waals surface area contributed by atoms with E-state index in [0.29, 0.717) is 0 Å². The molecule has 0 bridgehead atoms. The van der Waals surface area contributed by atoms with E-state index in [1.165, 1.54) is 23.2 Å². The summed E-state index contributed by atoms with van der Waals surface area (Å²) in [5.74, 6) is 0.165. The first-order chi connectivity index (χ1) is 10.6. The Bertz CT molecular complexity index is 699. The van der Waals surface area contributed by atoms with E-state index in [1.54, 1.807) is 13.8 Å². The molecule has 1 aromatic heterocycles. The second kappa shape index (κ2) is 6.48. The predicted molar refractivity (Wildman–Crippen MR) is 80.7 cm³/mol. The number of hydrogen-bond donors (Lipinski definition) is 1. The Hall–Kier alpha value is -1.61. The van der Waals surface area contributed by atoms with Gasteiger partial charge in [-0.15, -0.1) is 0 Å². The molecule has 0 radical (unpaired) electrons. The van der Waals surface area contributed by atoms with E-state index in [4.69, 9.17) is 0 Å². The highest BCUT2D eigenvalue weighted by Crippen LogP contribution is 2.32. The minimum atomic E-state index is -4.34. The smallest absolute Gasteiger partial charge is 0.351 e. The van der Waals surface area contributed by atoms with Crippen molar-refractivity contribution in [2.24, 2.45) is 0 Å². The molecule has 0 saturated heterocycles. The molecule has 0 atom stereocenters. The molecule has 0 aliphatic carbocycles. The maximum atomic E-state index is 12.7. The van der Waals surface area contributed by atoms with Crippen LogP contribution in [0.3, 0.4) is 0 Å². The molecule has 128 valence electrons. The summed E-state index contributed by atoms with van der Waals surface area (Å²) in [6.45, 7) is 3.41. The fourth-order valence-corrected chi connectivity index (χ4v) is 3.75. The molecule has 0 unspecified atom stereocenters. The van der Waals surface area contributed by atoms with Gasteiger partial charge in [0.05, 0.1) is 0 Å². The predicted octanol–water partition coefficient (Wildman–Crippen LogP) is 2.47. The number of sulfonamides is 1. The summed E-state index contributed by atoms with van der Waals surface area (Å²) in [5.41, 5.74) is -0.589. The molecule has 2 rings (SSSR count). The van der Waals surface area contributed by atoms with Gasteiger partial charge >= 0.3 is 6.18 Å². The van der Waals surface area contributed by atoms with Crippen LogP contribution in [0.15, 0.2) is 34.9 Å². The highest BCUT2D eigenvalue weighted by atomic mass is 32.2. The fraction of sp³-hybridized carbons (Fsp3) is 0.500. The van der Waals surface area contributed by atoms with Crippen LogP contribution in [-0.2, 0) is 10.0 Å². The van der Waals surface area contributed by atoms with E-state index in [9.17, 15) is 21.6 Å². The lowest BCUT2D eigenvalue weighted by Crippen LogP contribution is -2.36. The largest absolute Gasteiger partial charge is 0.412 e. The Morgan fingerprint density at radius 3 is 2.57 bits per heavy atom. The van der Waals surface area contributed by atoms with Gasteiger partial charge in [0.1, 0.15) is 10.7 Å². The number of alkyl halides is 3. The van der Waals surface area contributed by atoms with Crippen molar-refractivity contribution in [1.82, 2.24) is 9.71 Å². The van der Waals surface area contributed by atoms with Crippen molar-refractivity contribution in [2.75, 3.05) is 18.0 Å². The number of aromatic nitrogens is 1. The maximum absolute atomic E-state index is 12.7. The second-order valence-electron chi connectivity index (χ2n) is 5.52. The summed E-state index contributed by atoms with van der Waals surface area (Å²) in [4.78, 5) is 5.56. The summed E-state index contributed by atoms with van der Waals surface area (Å²) < 4.78 is 65.2. The van der Waals surface area contributed by atoms with E-state index in [2.05, 4.69) is 9.71 Å². The Morgan fingerprint density at radius 2 is 2.04 bits per heavy atom. The molecule has 0 spiro atoms. The Morgan fingerprint density at radius 1 is 1.35 bits per heavy atom. The number of rotatable bonds is 4. The van der Waals surface area contributed by atoms with Crippen molar-refractivity contribution in [1.29, 1.82) is 0 Å². The van der Waals surface area contributed by atoms with Gasteiger partial charge in [0.25, 0.3) is 0 Å². The normalized spacial score (nSPS) is 16.6. The summed E-state index contributed by atoms with van der Waals surface area (Å²) in [7, 11) is -3.78. The van der Waals surface area contributed by atoms with Gasteiger partial charge in [0.15, 0.2) is 0 Å². The molecule has 5 nitrogen and oxygen atoms in total. The van der Waals surface area contributed by atoms with E-state index >= 15 is 0 Å². The molecule has 9 heteroatoms. The number of anilines is 1. The Labute approximate surface area is 133 Å². The first kappa shape index (κ1) is 17.7. The highest BCUT2D eigenvalue weighted by molar-refractivity contribution is 7.89. The molecule has 1 aliphatic heterocycles. The summed E-state index contributed by atoms with van der Waals surface area (Å²) in [6.07, 6.45) is -2.04. The molecule has 0 aromatic carbocycles. The van der Waals surface area contributed by atoms with Crippen LogP contribution in [0, 0.1) is 0 Å². The minimum Gasteiger partial charge on any atom is -0.351 e. The lowest BCUT2D eigenvalue weighted by molar-refractivity contribution is -0.0944. The van der Waals surface area contributed by atoms with Crippen molar-refractivity contribution >= 4 is 15.8 Å². The van der Waals surface area contributed by atoms with Crippen molar-refractivity contribution in [2.45, 2.75) is 37.4 Å². The zero-order chi connectivity index (χ0) is 17.3. The van der Waals surface area contributed by atoms with Gasteiger partial charge < -0.3 is 4.90 Å². The van der Waals surface area contributed by atoms with Gasteiger partial charge in [0.2, 0.25) is 10.0 Å². The average Bonchev–Trinajstić information content (AvgIpc) is 2.45. The third kappa shape index (κ3) is 4.23. The molecule has 2 heterocycles. The maximum Gasteiger partial charge on any atom is 0.412 e. The lowest BCUT2D eigenvalue weighted by atomic mass is 10.1. The summed E-state index contributed by atoms with van der Waals surface area (Å²) in [5, 5.41) is 0. The molecule has 0 saturated carbocycles. The minimum absolute atomic E-state index is 0.0300.